The minimum absolute atomic E-state index is 0.162. The standard InChI is InChI=1S/C26H28N2O4S/c1-3-20-9-4-6-12-23(20)27-26(29)18-32-25-15-14-22(17-19(25)2)33(30,31)28-16-8-11-21-10-5-7-13-24(21)28/h4-7,9-10,12-15,17H,3,8,11,16,18H2,1-2H3,(H,27,29). The number of aryl methyl sites for hydroxylation is 3. The van der Waals surface area contributed by atoms with Gasteiger partial charge in [0.15, 0.2) is 6.61 Å². The van der Waals surface area contributed by atoms with E-state index in [2.05, 4.69) is 5.32 Å². The summed E-state index contributed by atoms with van der Waals surface area (Å²) >= 11 is 0. The van der Waals surface area contributed by atoms with E-state index in [0.29, 0.717) is 17.9 Å². The van der Waals surface area contributed by atoms with Gasteiger partial charge in [0.1, 0.15) is 5.75 Å². The fourth-order valence-electron chi connectivity index (χ4n) is 4.10. The molecule has 7 heteroatoms. The van der Waals surface area contributed by atoms with Crippen molar-refractivity contribution >= 4 is 27.3 Å². The lowest BCUT2D eigenvalue weighted by atomic mass is 10.0. The van der Waals surface area contributed by atoms with Crippen LogP contribution in [0.25, 0.3) is 0 Å². The molecule has 0 saturated carbocycles. The molecule has 1 aliphatic rings. The molecule has 0 atom stereocenters. The number of anilines is 2. The van der Waals surface area contributed by atoms with E-state index in [9.17, 15) is 13.2 Å². The Kier molecular flexibility index (Phi) is 6.70. The highest BCUT2D eigenvalue weighted by Crippen LogP contribution is 2.33. The second-order valence-electron chi connectivity index (χ2n) is 8.08. The summed E-state index contributed by atoms with van der Waals surface area (Å²) < 4.78 is 33.9. The highest BCUT2D eigenvalue weighted by atomic mass is 32.2. The van der Waals surface area contributed by atoms with Crippen molar-refractivity contribution in [1.29, 1.82) is 0 Å². The van der Waals surface area contributed by atoms with Crippen LogP contribution in [0.1, 0.15) is 30.0 Å². The van der Waals surface area contributed by atoms with Gasteiger partial charge in [-0.3, -0.25) is 9.10 Å². The van der Waals surface area contributed by atoms with Crippen LogP contribution in [0.5, 0.6) is 5.75 Å². The zero-order valence-corrected chi connectivity index (χ0v) is 19.7. The van der Waals surface area contributed by atoms with Crippen LogP contribution < -0.4 is 14.4 Å². The number of carbonyl (C=O) groups excluding carboxylic acids is 1. The first-order chi connectivity index (χ1) is 15.9. The van der Waals surface area contributed by atoms with Crippen LogP contribution in [-0.4, -0.2) is 27.5 Å². The van der Waals surface area contributed by atoms with Gasteiger partial charge in [0, 0.05) is 12.2 Å². The summed E-state index contributed by atoms with van der Waals surface area (Å²) in [5.74, 6) is 0.212. The van der Waals surface area contributed by atoms with Crippen LogP contribution in [0.2, 0.25) is 0 Å². The summed E-state index contributed by atoms with van der Waals surface area (Å²) in [5, 5.41) is 2.87. The molecule has 0 spiro atoms. The van der Waals surface area contributed by atoms with Crippen molar-refractivity contribution in [2.45, 2.75) is 38.0 Å². The summed E-state index contributed by atoms with van der Waals surface area (Å²) in [5.41, 5.74) is 4.26. The number of benzene rings is 3. The minimum atomic E-state index is -3.70. The number of ether oxygens (including phenoxy) is 1. The molecule has 0 unspecified atom stereocenters. The smallest absolute Gasteiger partial charge is 0.264 e. The maximum atomic E-state index is 13.4. The molecule has 0 saturated heterocycles. The third kappa shape index (κ3) is 4.88. The zero-order chi connectivity index (χ0) is 23.4. The first-order valence-corrected chi connectivity index (χ1v) is 12.6. The highest BCUT2D eigenvalue weighted by molar-refractivity contribution is 7.92. The molecule has 1 aliphatic heterocycles. The molecule has 0 aromatic heterocycles. The average molecular weight is 465 g/mol. The number of nitrogens with zero attached hydrogens (tertiary/aromatic N) is 1. The maximum Gasteiger partial charge on any atom is 0.264 e. The molecule has 4 rings (SSSR count). The predicted molar refractivity (Wildman–Crippen MR) is 130 cm³/mol. The van der Waals surface area contributed by atoms with Gasteiger partial charge in [-0.25, -0.2) is 8.42 Å². The Labute approximate surface area is 195 Å². The molecule has 1 heterocycles. The second-order valence-corrected chi connectivity index (χ2v) is 9.95. The van der Waals surface area contributed by atoms with Crippen molar-refractivity contribution in [2.75, 3.05) is 22.8 Å². The fourth-order valence-corrected chi connectivity index (χ4v) is 5.73. The Balaban J connectivity index is 1.47. The summed E-state index contributed by atoms with van der Waals surface area (Å²) in [6.45, 7) is 4.10. The van der Waals surface area contributed by atoms with E-state index in [1.807, 2.05) is 55.5 Å². The van der Waals surface area contributed by atoms with Crippen molar-refractivity contribution < 1.29 is 17.9 Å². The Hall–Kier alpha value is -3.32. The van der Waals surface area contributed by atoms with Crippen LogP contribution in [-0.2, 0) is 27.7 Å². The predicted octanol–water partition coefficient (Wildman–Crippen LogP) is 4.72. The van der Waals surface area contributed by atoms with Gasteiger partial charge in [0.25, 0.3) is 15.9 Å². The molecular formula is C26H28N2O4S. The number of nitrogens with one attached hydrogen (secondary N) is 1. The van der Waals surface area contributed by atoms with Gasteiger partial charge < -0.3 is 10.1 Å². The van der Waals surface area contributed by atoms with E-state index in [1.54, 1.807) is 25.1 Å². The molecule has 33 heavy (non-hydrogen) atoms. The lowest BCUT2D eigenvalue weighted by molar-refractivity contribution is -0.118. The van der Waals surface area contributed by atoms with E-state index in [0.717, 1.165) is 41.8 Å². The molecule has 3 aromatic rings. The monoisotopic (exact) mass is 464 g/mol. The number of hydrogen-bond acceptors (Lipinski definition) is 4. The van der Waals surface area contributed by atoms with Crippen LogP contribution in [0.4, 0.5) is 11.4 Å². The Morgan fingerprint density at radius 2 is 1.82 bits per heavy atom. The van der Waals surface area contributed by atoms with Crippen molar-refractivity contribution in [3.8, 4) is 5.75 Å². The first-order valence-electron chi connectivity index (χ1n) is 11.1. The summed E-state index contributed by atoms with van der Waals surface area (Å²) in [4.78, 5) is 12.6. The maximum absolute atomic E-state index is 13.4. The van der Waals surface area contributed by atoms with Gasteiger partial charge in [-0.2, -0.15) is 0 Å². The largest absolute Gasteiger partial charge is 0.483 e. The van der Waals surface area contributed by atoms with Crippen LogP contribution in [0.15, 0.2) is 71.6 Å². The topological polar surface area (TPSA) is 75.7 Å². The van der Waals surface area contributed by atoms with Gasteiger partial charge in [-0.05, 0) is 73.2 Å². The van der Waals surface area contributed by atoms with Crippen LogP contribution >= 0.6 is 0 Å². The summed E-state index contributed by atoms with van der Waals surface area (Å²) in [6, 6.07) is 20.0. The quantitative estimate of drug-likeness (QED) is 0.549. The molecule has 1 N–H and O–H groups in total. The van der Waals surface area contributed by atoms with E-state index >= 15 is 0 Å². The number of fused-ring (bicyclic) bond motifs is 1. The summed E-state index contributed by atoms with van der Waals surface area (Å²) in [7, 11) is -3.70. The van der Waals surface area contributed by atoms with E-state index in [4.69, 9.17) is 4.74 Å². The number of sulfonamides is 1. The lowest BCUT2D eigenvalue weighted by Crippen LogP contribution is -2.35. The third-order valence-corrected chi connectivity index (χ3v) is 7.64. The number of carbonyl (C=O) groups is 1. The molecule has 3 aromatic carbocycles. The van der Waals surface area contributed by atoms with Gasteiger partial charge in [0.2, 0.25) is 0 Å². The lowest BCUT2D eigenvalue weighted by Gasteiger charge is -2.30. The molecule has 0 aliphatic carbocycles. The molecule has 172 valence electrons. The van der Waals surface area contributed by atoms with Crippen LogP contribution in [0.3, 0.4) is 0 Å². The van der Waals surface area contributed by atoms with Gasteiger partial charge in [-0.1, -0.05) is 43.3 Å². The van der Waals surface area contributed by atoms with Crippen molar-refractivity contribution in [3.63, 3.8) is 0 Å². The molecule has 1 amide bonds. The van der Waals surface area contributed by atoms with Gasteiger partial charge >= 0.3 is 0 Å². The summed E-state index contributed by atoms with van der Waals surface area (Å²) in [6.07, 6.45) is 2.47. The third-order valence-electron chi connectivity index (χ3n) is 5.83. The number of para-hydroxylation sites is 2. The Bertz CT molecular complexity index is 1270. The van der Waals surface area contributed by atoms with Crippen LogP contribution in [0, 0.1) is 6.92 Å². The second kappa shape index (κ2) is 9.67. The van der Waals surface area contributed by atoms with Crippen molar-refractivity contribution in [2.24, 2.45) is 0 Å². The molecule has 0 bridgehead atoms. The van der Waals surface area contributed by atoms with Gasteiger partial charge in [0.05, 0.1) is 10.6 Å². The Morgan fingerprint density at radius 1 is 1.06 bits per heavy atom. The number of hydrogen-bond donors (Lipinski definition) is 1. The minimum Gasteiger partial charge on any atom is -0.483 e. The average Bonchev–Trinajstić information content (AvgIpc) is 2.83. The zero-order valence-electron chi connectivity index (χ0n) is 18.9. The number of rotatable bonds is 7. The van der Waals surface area contributed by atoms with E-state index in [1.165, 1.54) is 4.31 Å². The highest BCUT2D eigenvalue weighted by Gasteiger charge is 2.29. The molecule has 0 radical (unpaired) electrons. The van der Waals surface area contributed by atoms with Gasteiger partial charge in [-0.15, -0.1) is 0 Å². The SMILES string of the molecule is CCc1ccccc1NC(=O)COc1ccc(S(=O)(=O)N2CCCc3ccccc32)cc1C. The Morgan fingerprint density at radius 3 is 2.61 bits per heavy atom. The van der Waals surface area contributed by atoms with Crippen molar-refractivity contribution in [3.05, 3.63) is 83.4 Å². The van der Waals surface area contributed by atoms with E-state index in [-0.39, 0.29) is 17.4 Å². The molecule has 6 nitrogen and oxygen atoms in total. The fraction of sp³-hybridized carbons (Fsp3) is 0.269. The normalized spacial score (nSPS) is 13.3. The molecular weight excluding hydrogens is 436 g/mol. The number of amides is 1. The molecule has 0 fully saturated rings. The van der Waals surface area contributed by atoms with E-state index < -0.39 is 10.0 Å². The first kappa shape index (κ1) is 22.9. The van der Waals surface area contributed by atoms with Crippen molar-refractivity contribution in [1.82, 2.24) is 0 Å².